The van der Waals surface area contributed by atoms with Crippen molar-refractivity contribution in [2.75, 3.05) is 120 Å². The molecule has 0 atom stereocenters. The highest BCUT2D eigenvalue weighted by Crippen LogP contribution is 2.10. The molecule has 0 N–H and O–H groups in total. The molecule has 0 saturated heterocycles. The topological polar surface area (TPSA) is 93.6 Å². The van der Waals surface area contributed by atoms with E-state index in [2.05, 4.69) is 108 Å². The fraction of sp³-hybridized carbons (Fsp3) is 0.846. The fourth-order valence-electron chi connectivity index (χ4n) is 5.86. The lowest BCUT2D eigenvalue weighted by molar-refractivity contribution is 0.476. The number of aliphatic imine (C=N–C) groups is 6. The third kappa shape index (κ3) is 21.7. The number of rotatable bonds is 10. The molecular formula is C39H78N12. The minimum absolute atomic E-state index is 0.983. The Balaban J connectivity index is 0.000000314. The van der Waals surface area contributed by atoms with E-state index in [-0.39, 0.29) is 0 Å². The number of amidine groups is 4. The van der Waals surface area contributed by atoms with Crippen molar-refractivity contribution in [1.82, 2.24) is 29.4 Å². The van der Waals surface area contributed by atoms with Crippen LogP contribution in [0.15, 0.2) is 30.0 Å². The molecule has 0 bridgehead atoms. The molecule has 0 saturated carbocycles. The summed E-state index contributed by atoms with van der Waals surface area (Å²) in [5.41, 5.74) is 0. The monoisotopic (exact) mass is 715 g/mol. The van der Waals surface area contributed by atoms with Gasteiger partial charge in [0, 0.05) is 107 Å². The summed E-state index contributed by atoms with van der Waals surface area (Å²) >= 11 is 0. The molecule has 51 heavy (non-hydrogen) atoms. The Morgan fingerprint density at radius 1 is 0.510 bits per heavy atom. The summed E-state index contributed by atoms with van der Waals surface area (Å²) in [6, 6.07) is 0. The molecule has 12 nitrogen and oxygen atoms in total. The molecule has 0 aliphatic carbocycles. The molecule has 0 aromatic rings. The third-order valence-electron chi connectivity index (χ3n) is 9.40. The Hall–Kier alpha value is -3.18. The first-order chi connectivity index (χ1) is 24.7. The normalized spacial score (nSPS) is 18.6. The Labute approximate surface area is 314 Å². The predicted molar refractivity (Wildman–Crippen MR) is 225 cm³/mol. The van der Waals surface area contributed by atoms with Crippen LogP contribution in [-0.4, -0.2) is 186 Å². The van der Waals surface area contributed by atoms with Gasteiger partial charge in [-0.25, -0.2) is 0 Å². The van der Waals surface area contributed by atoms with Gasteiger partial charge in [-0.1, -0.05) is 52.9 Å². The SMILES string of the molecule is CC1=NCCN1C.CCC1=NCCN1C.CCC1=NCCN1CC.CCCCCCCCC1=NCCN1C.CN1C=NCC1.CN1C=NCCC1. The lowest BCUT2D eigenvalue weighted by atomic mass is 10.1. The predicted octanol–water partition coefficient (Wildman–Crippen LogP) is 5.61. The number of likely N-dealkylation sites (N-methyl/N-ethyl adjacent to an activating group) is 5. The minimum atomic E-state index is 0.983. The molecule has 0 amide bonds. The van der Waals surface area contributed by atoms with Crippen LogP contribution in [0.1, 0.15) is 98.8 Å². The number of unbranched alkanes of at least 4 members (excludes halogenated alkanes) is 5. The minimum Gasteiger partial charge on any atom is -0.366 e. The molecule has 6 aliphatic heterocycles. The van der Waals surface area contributed by atoms with Gasteiger partial charge in [0.1, 0.15) is 0 Å². The van der Waals surface area contributed by atoms with Gasteiger partial charge in [-0.15, -0.1) is 0 Å². The standard InChI is InChI=1S/C12H24N2.C7H14N2.C6H12N2.2C5H10N2.C4H8N2/c1-3-4-5-6-7-8-9-12-13-10-11-14(12)2;1-3-7-8-5-6-9(7)4-2;1-3-6-7-4-5-8(6)2;1-5-6-3-4-7(5)2;1-7-4-2-3-6-5-7;1-6-3-2-5-4-6/h3-11H2,1-2H3;3-6H2,1-2H3;3-5H2,1-2H3;3-4H2,1-2H3;5H,2-4H2,1H3;4H,2-3H2,1H3. The third-order valence-corrected chi connectivity index (χ3v) is 9.40. The van der Waals surface area contributed by atoms with E-state index in [1.54, 1.807) is 0 Å². The summed E-state index contributed by atoms with van der Waals surface area (Å²) in [6.07, 6.45) is 16.6. The molecule has 0 unspecified atom stereocenters. The van der Waals surface area contributed by atoms with Crippen LogP contribution in [-0.2, 0) is 0 Å². The molecule has 6 aliphatic rings. The van der Waals surface area contributed by atoms with Crippen molar-refractivity contribution in [2.24, 2.45) is 30.0 Å². The summed E-state index contributed by atoms with van der Waals surface area (Å²) in [5.74, 6) is 5.04. The van der Waals surface area contributed by atoms with Gasteiger partial charge in [0.2, 0.25) is 0 Å². The molecule has 0 aromatic heterocycles. The van der Waals surface area contributed by atoms with Gasteiger partial charge in [0.15, 0.2) is 0 Å². The highest BCUT2D eigenvalue weighted by molar-refractivity contribution is 5.84. The largest absolute Gasteiger partial charge is 0.366 e. The van der Waals surface area contributed by atoms with E-state index < -0.39 is 0 Å². The Morgan fingerprint density at radius 2 is 1.04 bits per heavy atom. The van der Waals surface area contributed by atoms with Gasteiger partial charge in [-0.3, -0.25) is 30.0 Å². The van der Waals surface area contributed by atoms with Gasteiger partial charge in [0.25, 0.3) is 0 Å². The molecule has 6 heterocycles. The first kappa shape index (κ1) is 45.8. The van der Waals surface area contributed by atoms with E-state index in [1.165, 1.54) is 81.3 Å². The van der Waals surface area contributed by atoms with Crippen molar-refractivity contribution in [2.45, 2.75) is 98.8 Å². The maximum absolute atomic E-state index is 4.49. The van der Waals surface area contributed by atoms with Crippen molar-refractivity contribution in [1.29, 1.82) is 0 Å². The van der Waals surface area contributed by atoms with E-state index in [9.17, 15) is 0 Å². The molecule has 6 rings (SSSR count). The Morgan fingerprint density at radius 3 is 1.39 bits per heavy atom. The lowest BCUT2D eigenvalue weighted by Gasteiger charge is -2.15. The van der Waals surface area contributed by atoms with Crippen LogP contribution < -0.4 is 0 Å². The van der Waals surface area contributed by atoms with E-state index in [0.29, 0.717) is 0 Å². The average molecular weight is 715 g/mol. The second kappa shape index (κ2) is 29.4. The van der Waals surface area contributed by atoms with Gasteiger partial charge >= 0.3 is 0 Å². The van der Waals surface area contributed by atoms with E-state index in [4.69, 9.17) is 0 Å². The second-order valence-electron chi connectivity index (χ2n) is 13.8. The molecule has 0 fully saturated rings. The van der Waals surface area contributed by atoms with Crippen molar-refractivity contribution in [3.63, 3.8) is 0 Å². The molecule has 0 spiro atoms. The van der Waals surface area contributed by atoms with Gasteiger partial charge in [-0.05, 0) is 26.7 Å². The summed E-state index contributed by atoms with van der Waals surface area (Å²) in [7, 11) is 10.4. The summed E-state index contributed by atoms with van der Waals surface area (Å²) in [6.45, 7) is 24.7. The molecule has 294 valence electrons. The summed E-state index contributed by atoms with van der Waals surface area (Å²) in [5, 5.41) is 0. The summed E-state index contributed by atoms with van der Waals surface area (Å²) < 4.78 is 0. The van der Waals surface area contributed by atoms with Crippen molar-refractivity contribution in [3.05, 3.63) is 0 Å². The van der Waals surface area contributed by atoms with Crippen molar-refractivity contribution >= 4 is 36.0 Å². The van der Waals surface area contributed by atoms with E-state index in [0.717, 1.165) is 91.4 Å². The fourth-order valence-corrected chi connectivity index (χ4v) is 5.86. The van der Waals surface area contributed by atoms with Crippen LogP contribution in [0.3, 0.4) is 0 Å². The van der Waals surface area contributed by atoms with Crippen LogP contribution in [0.4, 0.5) is 0 Å². The van der Waals surface area contributed by atoms with Gasteiger partial charge in [0.05, 0.1) is 68.7 Å². The van der Waals surface area contributed by atoms with Crippen molar-refractivity contribution in [3.8, 4) is 0 Å². The second-order valence-corrected chi connectivity index (χ2v) is 13.8. The van der Waals surface area contributed by atoms with Crippen LogP contribution >= 0.6 is 0 Å². The number of nitrogens with zero attached hydrogens (tertiary/aromatic N) is 12. The first-order valence-corrected chi connectivity index (χ1v) is 20.1. The number of hydrogen-bond acceptors (Lipinski definition) is 12. The van der Waals surface area contributed by atoms with Crippen LogP contribution in [0.2, 0.25) is 0 Å². The maximum atomic E-state index is 4.49. The highest BCUT2D eigenvalue weighted by Gasteiger charge is 2.12. The number of hydrogen-bond donors (Lipinski definition) is 0. The van der Waals surface area contributed by atoms with Crippen LogP contribution in [0, 0.1) is 0 Å². The van der Waals surface area contributed by atoms with E-state index >= 15 is 0 Å². The van der Waals surface area contributed by atoms with Crippen molar-refractivity contribution < 1.29 is 0 Å². The summed E-state index contributed by atoms with van der Waals surface area (Å²) in [4.78, 5) is 38.5. The molecular weight excluding hydrogens is 637 g/mol. The zero-order chi connectivity index (χ0) is 37.7. The average Bonchev–Trinajstić information content (AvgIpc) is 4.00. The zero-order valence-electron chi connectivity index (χ0n) is 34.8. The molecule has 0 aromatic carbocycles. The Kier molecular flexibility index (Phi) is 26.4. The quantitative estimate of drug-likeness (QED) is 0.273. The van der Waals surface area contributed by atoms with Crippen LogP contribution in [0.25, 0.3) is 0 Å². The molecule has 12 heteroatoms. The zero-order valence-corrected chi connectivity index (χ0v) is 34.8. The van der Waals surface area contributed by atoms with Crippen LogP contribution in [0.5, 0.6) is 0 Å². The van der Waals surface area contributed by atoms with E-state index in [1.807, 2.05) is 33.7 Å². The lowest BCUT2D eigenvalue weighted by Crippen LogP contribution is -2.26. The highest BCUT2D eigenvalue weighted by atomic mass is 15.2. The Bertz CT molecular complexity index is 1070. The smallest absolute Gasteiger partial charge is 0.0987 e. The molecule has 0 radical (unpaired) electrons. The maximum Gasteiger partial charge on any atom is 0.0987 e. The van der Waals surface area contributed by atoms with Gasteiger partial charge < -0.3 is 29.4 Å². The van der Waals surface area contributed by atoms with Gasteiger partial charge in [-0.2, -0.15) is 0 Å². The first-order valence-electron chi connectivity index (χ1n) is 20.1.